The van der Waals surface area contributed by atoms with Gasteiger partial charge in [0.2, 0.25) is 0 Å². The monoisotopic (exact) mass is 414 g/mol. The fourth-order valence-electron chi connectivity index (χ4n) is 3.15. The molecule has 7 nitrogen and oxygen atoms in total. The predicted octanol–water partition coefficient (Wildman–Crippen LogP) is 3.88. The summed E-state index contributed by atoms with van der Waals surface area (Å²) in [4.78, 5) is 17.3. The van der Waals surface area contributed by atoms with Gasteiger partial charge in [-0.25, -0.2) is 4.68 Å². The summed E-state index contributed by atoms with van der Waals surface area (Å²) in [6, 6.07) is 22.3. The van der Waals surface area contributed by atoms with Gasteiger partial charge in [-0.05, 0) is 54.6 Å². The van der Waals surface area contributed by atoms with E-state index in [-0.39, 0.29) is 5.91 Å². The zero-order chi connectivity index (χ0) is 21.6. The zero-order valence-corrected chi connectivity index (χ0v) is 17.3. The fraction of sp³-hybridized carbons (Fsp3) is 0.125. The lowest BCUT2D eigenvalue weighted by molar-refractivity contribution is 0.0942. The zero-order valence-electron chi connectivity index (χ0n) is 17.3. The molecule has 2 heterocycles. The second kappa shape index (κ2) is 9.13. The van der Waals surface area contributed by atoms with Crippen LogP contribution in [0.25, 0.3) is 16.9 Å². The summed E-state index contributed by atoms with van der Waals surface area (Å²) in [5.74, 6) is 1.20. The third-order valence-electron chi connectivity index (χ3n) is 4.78. The molecule has 0 spiro atoms. The summed E-state index contributed by atoms with van der Waals surface area (Å²) in [6.45, 7) is 0.321. The van der Waals surface area contributed by atoms with Gasteiger partial charge in [0.15, 0.2) is 0 Å². The summed E-state index contributed by atoms with van der Waals surface area (Å²) in [5.41, 5.74) is 3.46. The van der Waals surface area contributed by atoms with Crippen molar-refractivity contribution in [1.82, 2.24) is 20.1 Å². The van der Waals surface area contributed by atoms with Crippen molar-refractivity contribution in [3.05, 3.63) is 90.4 Å². The average molecular weight is 414 g/mol. The van der Waals surface area contributed by atoms with Crippen LogP contribution in [-0.4, -0.2) is 34.9 Å². The van der Waals surface area contributed by atoms with E-state index in [4.69, 9.17) is 14.6 Å². The van der Waals surface area contributed by atoms with Crippen LogP contribution in [0.1, 0.15) is 16.2 Å². The molecule has 0 saturated heterocycles. The number of benzene rings is 2. The molecule has 0 aliphatic carbocycles. The van der Waals surface area contributed by atoms with Crippen LogP contribution in [0.3, 0.4) is 0 Å². The van der Waals surface area contributed by atoms with Crippen molar-refractivity contribution in [1.29, 1.82) is 0 Å². The molecule has 0 atom stereocenters. The minimum atomic E-state index is -0.247. The van der Waals surface area contributed by atoms with Gasteiger partial charge in [0.25, 0.3) is 5.91 Å². The van der Waals surface area contributed by atoms with E-state index in [1.807, 2.05) is 66.7 Å². The highest BCUT2D eigenvalue weighted by molar-refractivity contribution is 5.94. The highest BCUT2D eigenvalue weighted by Crippen LogP contribution is 2.26. The van der Waals surface area contributed by atoms with Crippen LogP contribution in [0.2, 0.25) is 0 Å². The third-order valence-corrected chi connectivity index (χ3v) is 4.78. The molecule has 0 aliphatic heterocycles. The largest absolute Gasteiger partial charge is 0.497 e. The summed E-state index contributed by atoms with van der Waals surface area (Å²) in [7, 11) is 3.23. The molecule has 0 aliphatic rings. The highest BCUT2D eigenvalue weighted by Gasteiger charge is 2.18. The minimum Gasteiger partial charge on any atom is -0.497 e. The summed E-state index contributed by atoms with van der Waals surface area (Å²) < 4.78 is 12.2. The van der Waals surface area contributed by atoms with E-state index >= 15 is 0 Å². The van der Waals surface area contributed by atoms with E-state index < -0.39 is 0 Å². The Morgan fingerprint density at radius 3 is 2.45 bits per heavy atom. The Hall–Kier alpha value is -4.13. The van der Waals surface area contributed by atoms with Crippen molar-refractivity contribution in [3.63, 3.8) is 0 Å². The summed E-state index contributed by atoms with van der Waals surface area (Å²) >= 11 is 0. The molecule has 0 saturated carbocycles. The van der Waals surface area contributed by atoms with E-state index in [2.05, 4.69) is 10.3 Å². The first-order chi connectivity index (χ1) is 15.2. The van der Waals surface area contributed by atoms with Crippen molar-refractivity contribution >= 4 is 5.91 Å². The maximum atomic E-state index is 13.1. The van der Waals surface area contributed by atoms with E-state index in [1.165, 1.54) is 0 Å². The molecule has 2 aromatic carbocycles. The Balaban J connectivity index is 1.70. The minimum absolute atomic E-state index is 0.247. The van der Waals surface area contributed by atoms with Gasteiger partial charge in [0, 0.05) is 11.8 Å². The number of rotatable bonds is 7. The first kappa shape index (κ1) is 20.2. The Morgan fingerprint density at radius 2 is 1.74 bits per heavy atom. The topological polar surface area (TPSA) is 78.3 Å². The van der Waals surface area contributed by atoms with Gasteiger partial charge in [-0.3, -0.25) is 9.78 Å². The number of hydrogen-bond acceptors (Lipinski definition) is 5. The lowest BCUT2D eigenvalue weighted by Crippen LogP contribution is -2.25. The Labute approximate surface area is 180 Å². The summed E-state index contributed by atoms with van der Waals surface area (Å²) in [5, 5.41) is 7.63. The second-order valence-corrected chi connectivity index (χ2v) is 6.76. The normalized spacial score (nSPS) is 10.5. The van der Waals surface area contributed by atoms with Crippen LogP contribution in [-0.2, 0) is 6.54 Å². The molecule has 1 amide bonds. The van der Waals surface area contributed by atoms with Crippen LogP contribution in [0.15, 0.2) is 79.0 Å². The maximum Gasteiger partial charge on any atom is 0.270 e. The molecule has 4 rings (SSSR count). The van der Waals surface area contributed by atoms with Gasteiger partial charge >= 0.3 is 0 Å². The van der Waals surface area contributed by atoms with Gasteiger partial charge in [-0.1, -0.05) is 18.2 Å². The number of amides is 1. The molecule has 0 fully saturated rings. The van der Waals surface area contributed by atoms with Gasteiger partial charge < -0.3 is 14.8 Å². The average Bonchev–Trinajstić information content (AvgIpc) is 3.29. The van der Waals surface area contributed by atoms with Crippen molar-refractivity contribution in [2.75, 3.05) is 14.2 Å². The molecule has 31 heavy (non-hydrogen) atoms. The molecule has 0 radical (unpaired) electrons. The van der Waals surface area contributed by atoms with Crippen molar-refractivity contribution in [2.45, 2.75) is 6.54 Å². The Kier molecular flexibility index (Phi) is 5.93. The van der Waals surface area contributed by atoms with Crippen molar-refractivity contribution in [3.8, 4) is 28.4 Å². The number of methoxy groups -OCH3 is 2. The molecule has 7 heteroatoms. The number of carbonyl (C=O) groups excluding carboxylic acids is 1. The van der Waals surface area contributed by atoms with Crippen LogP contribution < -0.4 is 14.8 Å². The maximum absolute atomic E-state index is 13.1. The van der Waals surface area contributed by atoms with Crippen LogP contribution >= 0.6 is 0 Å². The van der Waals surface area contributed by atoms with Gasteiger partial charge in [-0.2, -0.15) is 5.10 Å². The SMILES string of the molecule is COc1ccc(-n2nc(-c3cccc(OC)c3)cc2C(=O)NCc2ccccn2)cc1. The highest BCUT2D eigenvalue weighted by atomic mass is 16.5. The predicted molar refractivity (Wildman–Crippen MR) is 118 cm³/mol. The first-order valence-corrected chi connectivity index (χ1v) is 9.75. The quantitative estimate of drug-likeness (QED) is 0.497. The van der Waals surface area contributed by atoms with Crippen LogP contribution in [0, 0.1) is 0 Å². The molecule has 4 aromatic rings. The molecular weight excluding hydrogens is 392 g/mol. The number of nitrogens with one attached hydrogen (secondary N) is 1. The fourth-order valence-corrected chi connectivity index (χ4v) is 3.15. The Morgan fingerprint density at radius 1 is 0.935 bits per heavy atom. The molecule has 0 unspecified atom stereocenters. The number of nitrogens with zero attached hydrogens (tertiary/aromatic N) is 3. The molecular formula is C24H22N4O3. The molecule has 2 aromatic heterocycles. The number of ether oxygens (including phenoxy) is 2. The smallest absolute Gasteiger partial charge is 0.270 e. The standard InChI is InChI=1S/C24H22N4O3/c1-30-20-11-9-19(10-12-20)28-23(24(29)26-16-18-7-3-4-13-25-18)15-22(27-28)17-6-5-8-21(14-17)31-2/h3-15H,16H2,1-2H3,(H,26,29). The van der Waals surface area contributed by atoms with E-state index in [9.17, 15) is 4.79 Å². The van der Waals surface area contributed by atoms with Gasteiger partial charge in [-0.15, -0.1) is 0 Å². The van der Waals surface area contributed by atoms with Gasteiger partial charge in [0.1, 0.15) is 17.2 Å². The second-order valence-electron chi connectivity index (χ2n) is 6.76. The van der Waals surface area contributed by atoms with E-state index in [0.29, 0.717) is 17.9 Å². The van der Waals surface area contributed by atoms with Crippen LogP contribution in [0.5, 0.6) is 11.5 Å². The third kappa shape index (κ3) is 4.56. The molecule has 156 valence electrons. The summed E-state index contributed by atoms with van der Waals surface area (Å²) in [6.07, 6.45) is 1.70. The number of pyridine rings is 1. The van der Waals surface area contributed by atoms with Crippen LogP contribution in [0.4, 0.5) is 0 Å². The Bertz CT molecular complexity index is 1170. The number of carbonyl (C=O) groups is 1. The van der Waals surface area contributed by atoms with Gasteiger partial charge in [0.05, 0.1) is 37.8 Å². The molecule has 0 bridgehead atoms. The van der Waals surface area contributed by atoms with Crippen molar-refractivity contribution < 1.29 is 14.3 Å². The first-order valence-electron chi connectivity index (χ1n) is 9.75. The van der Waals surface area contributed by atoms with E-state index in [1.54, 1.807) is 31.2 Å². The molecule has 1 N–H and O–H groups in total. The lowest BCUT2D eigenvalue weighted by atomic mass is 10.1. The van der Waals surface area contributed by atoms with Crippen molar-refractivity contribution in [2.24, 2.45) is 0 Å². The lowest BCUT2D eigenvalue weighted by Gasteiger charge is -2.09. The van der Waals surface area contributed by atoms with E-state index in [0.717, 1.165) is 28.4 Å². The number of hydrogen-bond donors (Lipinski definition) is 1. The number of aromatic nitrogens is 3.